The molecule has 11 heavy (non-hydrogen) atoms. The van der Waals surface area contributed by atoms with Gasteiger partial charge >= 0.3 is 0 Å². The van der Waals surface area contributed by atoms with E-state index < -0.39 is 0 Å². The van der Waals surface area contributed by atoms with Crippen molar-refractivity contribution in [3.05, 3.63) is 0 Å². The molecule has 0 saturated heterocycles. The third kappa shape index (κ3) is 2.48. The highest BCUT2D eigenvalue weighted by atomic mass is 16.3. The Morgan fingerprint density at radius 3 is 1.73 bits per heavy atom. The summed E-state index contributed by atoms with van der Waals surface area (Å²) in [5.74, 6) is 0. The molecule has 0 amide bonds. The van der Waals surface area contributed by atoms with Crippen LogP contribution in [0, 0.1) is 10.8 Å². The Morgan fingerprint density at radius 1 is 1.00 bits per heavy atom. The zero-order chi connectivity index (χ0) is 9.12. The fourth-order valence-electron chi connectivity index (χ4n) is 1.18. The Balaban J connectivity index is 4.26. The van der Waals surface area contributed by atoms with Crippen LogP contribution in [0.3, 0.4) is 0 Å². The lowest BCUT2D eigenvalue weighted by Crippen LogP contribution is -2.35. The molecule has 1 heteroatoms. The van der Waals surface area contributed by atoms with Gasteiger partial charge in [-0.1, -0.05) is 41.0 Å². The van der Waals surface area contributed by atoms with Crippen LogP contribution >= 0.6 is 0 Å². The van der Waals surface area contributed by atoms with Crippen molar-refractivity contribution >= 4 is 0 Å². The summed E-state index contributed by atoms with van der Waals surface area (Å²) in [5.41, 5.74) is 0.291. The monoisotopic (exact) mass is 158 g/mol. The summed E-state index contributed by atoms with van der Waals surface area (Å²) in [5, 5.41) is 9.16. The summed E-state index contributed by atoms with van der Waals surface area (Å²) in [4.78, 5) is 0. The van der Waals surface area contributed by atoms with Crippen LogP contribution in [0.15, 0.2) is 0 Å². The Morgan fingerprint density at radius 2 is 1.45 bits per heavy atom. The predicted molar refractivity (Wildman–Crippen MR) is 49.6 cm³/mol. The first-order chi connectivity index (χ1) is 4.87. The molecular weight excluding hydrogens is 136 g/mol. The van der Waals surface area contributed by atoms with Gasteiger partial charge in [-0.2, -0.15) is 0 Å². The minimum atomic E-state index is 0.0447. The van der Waals surface area contributed by atoms with Crippen LogP contribution in [0.4, 0.5) is 0 Å². The van der Waals surface area contributed by atoms with Crippen LogP contribution in [0.25, 0.3) is 0 Å². The fraction of sp³-hybridized carbons (Fsp3) is 1.00. The van der Waals surface area contributed by atoms with Crippen molar-refractivity contribution in [1.82, 2.24) is 0 Å². The van der Waals surface area contributed by atoms with E-state index in [2.05, 4.69) is 34.6 Å². The molecule has 0 aromatic carbocycles. The molecule has 0 aliphatic rings. The lowest BCUT2D eigenvalue weighted by molar-refractivity contribution is 0.0299. The number of rotatable bonds is 4. The fourth-order valence-corrected chi connectivity index (χ4v) is 1.18. The summed E-state index contributed by atoms with van der Waals surface area (Å²) < 4.78 is 0. The molecule has 68 valence electrons. The number of hydrogen-bond donors (Lipinski definition) is 1. The molecule has 0 aromatic heterocycles. The van der Waals surface area contributed by atoms with Crippen molar-refractivity contribution in [2.24, 2.45) is 10.8 Å². The maximum Gasteiger partial charge on any atom is 0.0487 e. The van der Waals surface area contributed by atoms with Gasteiger partial charge in [-0.05, 0) is 17.3 Å². The van der Waals surface area contributed by atoms with E-state index in [1.807, 2.05) is 0 Å². The Bertz CT molecular complexity index is 114. The lowest BCUT2D eigenvalue weighted by Gasteiger charge is -2.40. The van der Waals surface area contributed by atoms with Crippen LogP contribution < -0.4 is 0 Å². The van der Waals surface area contributed by atoms with Gasteiger partial charge in [0.1, 0.15) is 0 Å². The minimum absolute atomic E-state index is 0.0447. The summed E-state index contributed by atoms with van der Waals surface area (Å²) in [6.45, 7) is 11.2. The van der Waals surface area contributed by atoms with E-state index in [0.717, 1.165) is 0 Å². The molecule has 1 nitrogen and oxygen atoms in total. The largest absolute Gasteiger partial charge is 0.396 e. The quantitative estimate of drug-likeness (QED) is 0.667. The maximum absolute atomic E-state index is 9.16. The molecule has 0 atom stereocenters. The highest BCUT2D eigenvalue weighted by Crippen LogP contribution is 2.41. The van der Waals surface area contributed by atoms with Gasteiger partial charge in [0.15, 0.2) is 0 Å². The number of aliphatic hydroxyl groups is 1. The first-order valence-electron chi connectivity index (χ1n) is 4.48. The molecule has 0 rings (SSSR count). The molecule has 0 bridgehead atoms. The van der Waals surface area contributed by atoms with E-state index in [1.54, 1.807) is 0 Å². The van der Waals surface area contributed by atoms with E-state index >= 15 is 0 Å². The zero-order valence-corrected chi connectivity index (χ0v) is 8.57. The van der Waals surface area contributed by atoms with Gasteiger partial charge in [-0.25, -0.2) is 0 Å². The van der Waals surface area contributed by atoms with Gasteiger partial charge in [0.05, 0.1) is 0 Å². The van der Waals surface area contributed by atoms with E-state index in [9.17, 15) is 0 Å². The Labute approximate surface area is 70.8 Å². The van der Waals surface area contributed by atoms with E-state index in [4.69, 9.17) is 5.11 Å². The van der Waals surface area contributed by atoms with Gasteiger partial charge < -0.3 is 5.11 Å². The topological polar surface area (TPSA) is 20.2 Å². The zero-order valence-electron chi connectivity index (χ0n) is 8.57. The number of hydrogen-bond acceptors (Lipinski definition) is 1. The van der Waals surface area contributed by atoms with E-state index in [-0.39, 0.29) is 17.4 Å². The van der Waals surface area contributed by atoms with Crippen LogP contribution in [0.5, 0.6) is 0 Å². The van der Waals surface area contributed by atoms with Crippen LogP contribution in [-0.2, 0) is 0 Å². The Hall–Kier alpha value is -0.0400. The second-order valence-corrected chi connectivity index (χ2v) is 4.68. The number of aliphatic hydroxyl groups excluding tert-OH is 1. The normalized spacial score (nSPS) is 13.6. The SMILES string of the molecule is CCCC(C)(C)C(C)(C)CO. The van der Waals surface area contributed by atoms with E-state index in [0.29, 0.717) is 0 Å². The van der Waals surface area contributed by atoms with Gasteiger partial charge in [0, 0.05) is 6.61 Å². The van der Waals surface area contributed by atoms with Gasteiger partial charge in [-0.3, -0.25) is 0 Å². The molecule has 1 N–H and O–H groups in total. The average molecular weight is 158 g/mol. The first-order valence-corrected chi connectivity index (χ1v) is 4.48. The molecule has 0 aliphatic heterocycles. The molecule has 0 aliphatic carbocycles. The van der Waals surface area contributed by atoms with E-state index in [1.165, 1.54) is 12.8 Å². The second-order valence-electron chi connectivity index (χ2n) is 4.68. The summed E-state index contributed by atoms with van der Waals surface area (Å²) >= 11 is 0. The van der Waals surface area contributed by atoms with Crippen LogP contribution in [0.1, 0.15) is 47.5 Å². The summed E-state index contributed by atoms with van der Waals surface area (Å²) in [7, 11) is 0. The van der Waals surface area contributed by atoms with Gasteiger partial charge in [0.25, 0.3) is 0 Å². The van der Waals surface area contributed by atoms with Gasteiger partial charge in [-0.15, -0.1) is 0 Å². The van der Waals surface area contributed by atoms with Crippen molar-refractivity contribution < 1.29 is 5.11 Å². The molecule has 0 aromatic rings. The highest BCUT2D eigenvalue weighted by molar-refractivity contribution is 4.84. The lowest BCUT2D eigenvalue weighted by atomic mass is 9.66. The Kier molecular flexibility index (Phi) is 3.56. The highest BCUT2D eigenvalue weighted by Gasteiger charge is 2.35. The second kappa shape index (κ2) is 3.57. The third-order valence-corrected chi connectivity index (χ3v) is 3.10. The summed E-state index contributed by atoms with van der Waals surface area (Å²) in [6, 6.07) is 0. The van der Waals surface area contributed by atoms with Crippen LogP contribution in [0.2, 0.25) is 0 Å². The van der Waals surface area contributed by atoms with Crippen molar-refractivity contribution in [2.75, 3.05) is 6.61 Å². The third-order valence-electron chi connectivity index (χ3n) is 3.10. The molecule has 0 heterocycles. The molecule has 0 unspecified atom stereocenters. The first kappa shape index (κ1) is 11.0. The van der Waals surface area contributed by atoms with Crippen molar-refractivity contribution in [3.63, 3.8) is 0 Å². The van der Waals surface area contributed by atoms with Gasteiger partial charge in [0.2, 0.25) is 0 Å². The molecule has 0 fully saturated rings. The predicted octanol–water partition coefficient (Wildman–Crippen LogP) is 2.83. The smallest absolute Gasteiger partial charge is 0.0487 e. The summed E-state index contributed by atoms with van der Waals surface area (Å²) in [6.07, 6.45) is 2.37. The minimum Gasteiger partial charge on any atom is -0.396 e. The van der Waals surface area contributed by atoms with Crippen molar-refractivity contribution in [1.29, 1.82) is 0 Å². The standard InChI is InChI=1S/C10H22O/c1-6-7-9(2,3)10(4,5)8-11/h11H,6-8H2,1-5H3. The molecule has 0 saturated carbocycles. The average Bonchev–Trinajstić information content (AvgIpc) is 1.87. The molecular formula is C10H22O. The maximum atomic E-state index is 9.16. The molecule has 0 spiro atoms. The van der Waals surface area contributed by atoms with Crippen LogP contribution in [-0.4, -0.2) is 11.7 Å². The molecule has 0 radical (unpaired) electrons. The van der Waals surface area contributed by atoms with Crippen molar-refractivity contribution in [2.45, 2.75) is 47.5 Å². The van der Waals surface area contributed by atoms with Crippen molar-refractivity contribution in [3.8, 4) is 0 Å².